The van der Waals surface area contributed by atoms with E-state index in [-0.39, 0.29) is 18.8 Å². The van der Waals surface area contributed by atoms with Crippen LogP contribution in [-0.2, 0) is 4.79 Å². The van der Waals surface area contributed by atoms with E-state index in [2.05, 4.69) is 6.92 Å². The van der Waals surface area contributed by atoms with E-state index in [9.17, 15) is 4.79 Å². The van der Waals surface area contributed by atoms with Crippen LogP contribution in [0.2, 0.25) is 0 Å². The minimum absolute atomic E-state index is 0.0858. The highest BCUT2D eigenvalue weighted by Crippen LogP contribution is 2.41. The first kappa shape index (κ1) is 20.6. The van der Waals surface area contributed by atoms with E-state index in [1.165, 1.54) is 16.7 Å². The van der Waals surface area contributed by atoms with Crippen molar-refractivity contribution in [3.05, 3.63) is 46.9 Å². The summed E-state index contributed by atoms with van der Waals surface area (Å²) in [5, 5.41) is 0. The number of anilines is 1. The van der Waals surface area contributed by atoms with Crippen molar-refractivity contribution >= 4 is 46.0 Å². The van der Waals surface area contributed by atoms with Crippen molar-refractivity contribution < 1.29 is 23.7 Å². The van der Waals surface area contributed by atoms with Crippen LogP contribution in [-0.4, -0.2) is 30.2 Å². The summed E-state index contributed by atoms with van der Waals surface area (Å²) < 4.78 is 22.6. The highest BCUT2D eigenvalue weighted by Gasteiger charge is 2.34. The molecule has 0 bridgehead atoms. The third-order valence-corrected chi connectivity index (χ3v) is 6.10. The van der Waals surface area contributed by atoms with Gasteiger partial charge in [0.1, 0.15) is 0 Å². The molecule has 8 heteroatoms. The molecule has 0 aromatic heterocycles. The molecule has 0 unspecified atom stereocenters. The lowest BCUT2D eigenvalue weighted by atomic mass is 10.1. The van der Waals surface area contributed by atoms with Gasteiger partial charge in [-0.05, 0) is 49.2 Å². The quantitative estimate of drug-likeness (QED) is 0.460. The van der Waals surface area contributed by atoms with E-state index in [1.807, 2.05) is 31.2 Å². The summed E-state index contributed by atoms with van der Waals surface area (Å²) in [5.41, 5.74) is 1.48. The van der Waals surface area contributed by atoms with E-state index in [1.54, 1.807) is 25.3 Å². The second-order valence-corrected chi connectivity index (χ2v) is 8.48. The number of hydrogen-bond donors (Lipinski definition) is 0. The van der Waals surface area contributed by atoms with Gasteiger partial charge in [0.05, 0.1) is 23.8 Å². The first-order valence-electron chi connectivity index (χ1n) is 9.52. The minimum atomic E-state index is -0.178. The zero-order valence-electron chi connectivity index (χ0n) is 16.8. The van der Waals surface area contributed by atoms with Gasteiger partial charge in [0.25, 0.3) is 5.91 Å². The summed E-state index contributed by atoms with van der Waals surface area (Å²) in [7, 11) is 1.60. The van der Waals surface area contributed by atoms with E-state index in [4.69, 9.17) is 31.2 Å². The molecule has 6 nitrogen and oxygen atoms in total. The van der Waals surface area contributed by atoms with Gasteiger partial charge in [0.2, 0.25) is 6.79 Å². The van der Waals surface area contributed by atoms with Crippen molar-refractivity contribution in [3.63, 3.8) is 0 Å². The number of carbonyl (C=O) groups excluding carboxylic acids is 1. The van der Waals surface area contributed by atoms with Gasteiger partial charge in [-0.25, -0.2) is 0 Å². The molecule has 2 aliphatic heterocycles. The second-order valence-electron chi connectivity index (χ2n) is 6.80. The molecule has 1 fully saturated rings. The van der Waals surface area contributed by atoms with Gasteiger partial charge >= 0.3 is 0 Å². The van der Waals surface area contributed by atoms with Crippen LogP contribution in [0, 0.1) is 0 Å². The topological polar surface area (TPSA) is 57.2 Å². The Bertz CT molecular complexity index is 1040. The standard InChI is InChI=1S/C22H21NO5S2/c1-4-13(2)28-17-7-5-14(9-18(17)25-3)10-20-21(24)23(22(29)30-20)15-6-8-16-19(11-15)27-12-26-16/h5-11,13H,4,12H2,1-3H3/b20-10-/t13-/m0/s1. The molecule has 156 valence electrons. The zero-order valence-corrected chi connectivity index (χ0v) is 18.5. The van der Waals surface area contributed by atoms with Gasteiger partial charge in [-0.1, -0.05) is 37.0 Å². The molecule has 1 amide bonds. The average Bonchev–Trinajstić information content (AvgIpc) is 3.32. The summed E-state index contributed by atoms with van der Waals surface area (Å²) in [4.78, 5) is 15.1. The Kier molecular flexibility index (Phi) is 5.87. The smallest absolute Gasteiger partial charge is 0.270 e. The number of fused-ring (bicyclic) bond motifs is 1. The highest BCUT2D eigenvalue weighted by atomic mass is 32.2. The normalized spacial score (nSPS) is 17.6. The Morgan fingerprint density at radius 1 is 1.20 bits per heavy atom. The fourth-order valence-electron chi connectivity index (χ4n) is 3.04. The largest absolute Gasteiger partial charge is 0.493 e. The van der Waals surface area contributed by atoms with Crippen LogP contribution in [0.25, 0.3) is 6.08 Å². The lowest BCUT2D eigenvalue weighted by Crippen LogP contribution is -2.27. The lowest BCUT2D eigenvalue weighted by Gasteiger charge is -2.16. The van der Waals surface area contributed by atoms with Crippen molar-refractivity contribution in [3.8, 4) is 23.0 Å². The fourth-order valence-corrected chi connectivity index (χ4v) is 4.34. The second kappa shape index (κ2) is 8.57. The van der Waals surface area contributed by atoms with E-state index in [0.29, 0.717) is 37.9 Å². The molecule has 0 spiro atoms. The van der Waals surface area contributed by atoms with E-state index in [0.717, 1.165) is 12.0 Å². The molecule has 2 aromatic rings. The highest BCUT2D eigenvalue weighted by molar-refractivity contribution is 8.27. The third kappa shape index (κ3) is 3.97. The maximum atomic E-state index is 13.0. The van der Waals surface area contributed by atoms with Crippen LogP contribution in [0.3, 0.4) is 0 Å². The minimum Gasteiger partial charge on any atom is -0.493 e. The maximum Gasteiger partial charge on any atom is 0.270 e. The molecule has 30 heavy (non-hydrogen) atoms. The van der Waals surface area contributed by atoms with Gasteiger partial charge in [-0.15, -0.1) is 0 Å². The Morgan fingerprint density at radius 2 is 2.00 bits per heavy atom. The third-order valence-electron chi connectivity index (χ3n) is 4.80. The van der Waals surface area contributed by atoms with Gasteiger partial charge in [-0.2, -0.15) is 0 Å². The summed E-state index contributed by atoms with van der Waals surface area (Å²) in [6, 6.07) is 10.9. The first-order valence-corrected chi connectivity index (χ1v) is 10.7. The Balaban J connectivity index is 1.59. The van der Waals surface area contributed by atoms with Gasteiger partial charge in [0.15, 0.2) is 27.3 Å². The number of hydrogen-bond acceptors (Lipinski definition) is 7. The van der Waals surface area contributed by atoms with Crippen LogP contribution in [0.4, 0.5) is 5.69 Å². The van der Waals surface area contributed by atoms with Crippen molar-refractivity contribution in [2.75, 3.05) is 18.8 Å². The molecule has 1 saturated heterocycles. The monoisotopic (exact) mass is 443 g/mol. The summed E-state index contributed by atoms with van der Waals surface area (Å²) in [5.74, 6) is 2.38. The van der Waals surface area contributed by atoms with Crippen molar-refractivity contribution in [2.45, 2.75) is 26.4 Å². The Morgan fingerprint density at radius 3 is 2.77 bits per heavy atom. The fraction of sp³-hybridized carbons (Fsp3) is 0.273. The molecule has 0 saturated carbocycles. The van der Waals surface area contributed by atoms with Crippen LogP contribution in [0.15, 0.2) is 41.3 Å². The van der Waals surface area contributed by atoms with Gasteiger partial charge in [0, 0.05) is 6.07 Å². The molecular formula is C22H21NO5S2. The Labute approximate surface area is 184 Å². The number of methoxy groups -OCH3 is 1. The van der Waals surface area contributed by atoms with Crippen LogP contribution < -0.4 is 23.8 Å². The predicted octanol–water partition coefficient (Wildman–Crippen LogP) is 5.01. The van der Waals surface area contributed by atoms with Crippen LogP contribution >= 0.6 is 24.0 Å². The lowest BCUT2D eigenvalue weighted by molar-refractivity contribution is -0.113. The molecule has 1 atom stereocenters. The van der Waals surface area contributed by atoms with E-state index >= 15 is 0 Å². The molecular weight excluding hydrogens is 422 g/mol. The van der Waals surface area contributed by atoms with Gasteiger partial charge in [-0.3, -0.25) is 9.69 Å². The number of rotatable bonds is 6. The summed E-state index contributed by atoms with van der Waals surface area (Å²) >= 11 is 6.72. The van der Waals surface area contributed by atoms with E-state index < -0.39 is 0 Å². The number of thiocarbonyl (C=S) groups is 1. The number of carbonyl (C=O) groups is 1. The predicted molar refractivity (Wildman–Crippen MR) is 122 cm³/mol. The van der Waals surface area contributed by atoms with Crippen molar-refractivity contribution in [2.24, 2.45) is 0 Å². The SMILES string of the molecule is CC[C@H](C)Oc1ccc(/C=C2\SC(=S)N(c3ccc4c(c3)OCO4)C2=O)cc1OC. The number of nitrogens with zero attached hydrogens (tertiary/aromatic N) is 1. The molecule has 2 aliphatic rings. The molecule has 0 N–H and O–H groups in total. The number of ether oxygens (including phenoxy) is 4. The van der Waals surface area contributed by atoms with Gasteiger partial charge < -0.3 is 18.9 Å². The molecule has 0 aliphatic carbocycles. The molecule has 2 heterocycles. The number of amides is 1. The number of thioether (sulfide) groups is 1. The summed E-state index contributed by atoms with van der Waals surface area (Å²) in [6.45, 7) is 4.25. The molecule has 2 aromatic carbocycles. The molecule has 4 rings (SSSR count). The van der Waals surface area contributed by atoms with Crippen LogP contribution in [0.5, 0.6) is 23.0 Å². The maximum absolute atomic E-state index is 13.0. The van der Waals surface area contributed by atoms with Crippen LogP contribution in [0.1, 0.15) is 25.8 Å². The van der Waals surface area contributed by atoms with Crippen molar-refractivity contribution in [1.82, 2.24) is 0 Å². The van der Waals surface area contributed by atoms with Crippen molar-refractivity contribution in [1.29, 1.82) is 0 Å². The first-order chi connectivity index (χ1) is 14.5. The number of benzene rings is 2. The molecule has 0 radical (unpaired) electrons. The Hall–Kier alpha value is -2.71. The average molecular weight is 444 g/mol. The zero-order chi connectivity index (χ0) is 21.3. The summed E-state index contributed by atoms with van der Waals surface area (Å²) in [6.07, 6.45) is 2.79.